The van der Waals surface area contributed by atoms with Crippen molar-refractivity contribution in [1.82, 2.24) is 0 Å². The Morgan fingerprint density at radius 2 is 1.41 bits per heavy atom. The van der Waals surface area contributed by atoms with E-state index in [-0.39, 0.29) is 77.1 Å². The van der Waals surface area contributed by atoms with Crippen molar-refractivity contribution < 1.29 is 87.8 Å². The third-order valence-electron chi connectivity index (χ3n) is 6.92. The smallest absolute Gasteiger partial charge is 0.872 e. The molecular formula is C25H41Na2O6P. The first-order valence-electron chi connectivity index (χ1n) is 12.2. The topological polar surface area (TPSA) is 102 Å². The summed E-state index contributed by atoms with van der Waals surface area (Å²) in [5, 5.41) is 12.4. The summed E-state index contributed by atoms with van der Waals surface area (Å²) in [6.45, 7) is 8.13. The van der Waals surface area contributed by atoms with Crippen molar-refractivity contribution in [2.24, 2.45) is 0 Å². The van der Waals surface area contributed by atoms with E-state index in [2.05, 4.69) is 11.4 Å². The molecule has 0 fully saturated rings. The Bertz CT molecular complexity index is 798. The molecule has 9 heteroatoms. The van der Waals surface area contributed by atoms with Gasteiger partial charge in [0.25, 0.3) is 7.82 Å². The van der Waals surface area contributed by atoms with Crippen LogP contribution in [0.25, 0.3) is 0 Å². The summed E-state index contributed by atoms with van der Waals surface area (Å²) in [5.74, 6) is 1.12. The Morgan fingerprint density at radius 3 is 1.94 bits per heavy atom. The average Bonchev–Trinajstić information content (AvgIpc) is 2.73. The molecule has 1 heterocycles. The van der Waals surface area contributed by atoms with Crippen LogP contribution in [-0.2, 0) is 15.5 Å². The number of hydrogen-bond acceptors (Lipinski definition) is 5. The number of phosphoric ester groups is 1. The maximum atomic E-state index is 12.4. The maximum Gasteiger partial charge on any atom is 1.00 e. The summed E-state index contributed by atoms with van der Waals surface area (Å²) in [4.78, 5) is 19.0. The van der Waals surface area contributed by atoms with E-state index in [1.54, 1.807) is 0 Å². The van der Waals surface area contributed by atoms with Crippen LogP contribution in [0.1, 0.15) is 106 Å². The van der Waals surface area contributed by atoms with Gasteiger partial charge in [0.1, 0.15) is 11.4 Å². The second-order valence-electron chi connectivity index (χ2n) is 9.65. The molecule has 0 saturated carbocycles. The van der Waals surface area contributed by atoms with E-state index in [0.717, 1.165) is 72.9 Å². The molecule has 0 bridgehead atoms. The monoisotopic (exact) mass is 514 g/mol. The van der Waals surface area contributed by atoms with Gasteiger partial charge in [0.2, 0.25) is 0 Å². The minimum Gasteiger partial charge on any atom is -0.872 e. The zero-order valence-corrected chi connectivity index (χ0v) is 27.2. The Labute approximate surface area is 250 Å². The summed E-state index contributed by atoms with van der Waals surface area (Å²) in [7, 11) is -4.55. The van der Waals surface area contributed by atoms with Crippen LogP contribution in [0.2, 0.25) is 0 Å². The van der Waals surface area contributed by atoms with Crippen LogP contribution >= 0.6 is 7.82 Å². The predicted octanol–water partition coefficient (Wildman–Crippen LogP) is -0.454. The number of ether oxygens (including phenoxy) is 1. The first-order chi connectivity index (χ1) is 15.0. The fraction of sp³-hybridized carbons (Fsp3) is 0.760. The molecule has 1 N–H and O–H groups in total. The Kier molecular flexibility index (Phi) is 17.2. The minimum absolute atomic E-state index is 0. The van der Waals surface area contributed by atoms with Crippen LogP contribution in [0, 0.1) is 20.8 Å². The molecule has 0 aliphatic carbocycles. The van der Waals surface area contributed by atoms with Crippen LogP contribution in [-0.4, -0.2) is 17.1 Å². The van der Waals surface area contributed by atoms with Crippen molar-refractivity contribution in [3.05, 3.63) is 22.3 Å². The quantitative estimate of drug-likeness (QED) is 0.205. The fourth-order valence-electron chi connectivity index (χ4n) is 4.65. The number of benzene rings is 1. The minimum atomic E-state index is -4.55. The van der Waals surface area contributed by atoms with Crippen molar-refractivity contribution in [2.45, 2.75) is 117 Å². The van der Waals surface area contributed by atoms with E-state index in [1.165, 1.54) is 32.1 Å². The van der Waals surface area contributed by atoms with E-state index in [1.807, 2.05) is 20.8 Å². The number of rotatable bonds is 14. The van der Waals surface area contributed by atoms with Crippen LogP contribution < -0.4 is 73.9 Å². The average molecular weight is 515 g/mol. The molecule has 0 saturated heterocycles. The number of fused-ring (bicyclic) bond motifs is 1. The first-order valence-corrected chi connectivity index (χ1v) is 13.7. The SMILES string of the molecule is Cc1c(C)c2c(c(C)c1[O-])CCC(C)(CCCCCCCCCCCCOP(=O)([O-])O)O2.[Na+].[Na+]. The van der Waals surface area contributed by atoms with Crippen LogP contribution in [0.3, 0.4) is 0 Å². The molecule has 2 rings (SSSR count). The van der Waals surface area contributed by atoms with E-state index in [9.17, 15) is 14.6 Å². The third-order valence-corrected chi connectivity index (χ3v) is 7.43. The van der Waals surface area contributed by atoms with Gasteiger partial charge in [-0.25, -0.2) is 0 Å². The predicted molar refractivity (Wildman–Crippen MR) is 124 cm³/mol. The molecule has 0 radical (unpaired) electrons. The molecule has 6 nitrogen and oxygen atoms in total. The Hall–Kier alpha value is 0.930. The number of unbranched alkanes of at least 4 members (excludes halogenated alkanes) is 9. The molecule has 34 heavy (non-hydrogen) atoms. The van der Waals surface area contributed by atoms with Gasteiger partial charge in [-0.15, -0.1) is 5.75 Å². The van der Waals surface area contributed by atoms with Crippen molar-refractivity contribution in [3.8, 4) is 11.5 Å². The van der Waals surface area contributed by atoms with E-state index >= 15 is 0 Å². The van der Waals surface area contributed by atoms with Crippen molar-refractivity contribution in [3.63, 3.8) is 0 Å². The van der Waals surface area contributed by atoms with Crippen molar-refractivity contribution in [1.29, 1.82) is 0 Å². The normalized spacial score (nSPS) is 18.8. The standard InChI is InChI=1S/C25H43O6P.2Na/c1-19-20(2)24-22(21(3)23(19)26)15-17-25(4,31-24)16-13-11-9-7-5-6-8-10-12-14-18-30-32(27,28)29;;/h26H,5-18H2,1-4H3,(H2,27,28,29);;/q;2*+1/p-2. The molecule has 1 aliphatic rings. The van der Waals surface area contributed by atoms with Gasteiger partial charge in [0.05, 0.1) is 6.61 Å². The van der Waals surface area contributed by atoms with Gasteiger partial charge in [0, 0.05) is 0 Å². The summed E-state index contributed by atoms with van der Waals surface area (Å²) >= 11 is 0. The van der Waals surface area contributed by atoms with Crippen LogP contribution in [0.4, 0.5) is 0 Å². The zero-order valence-electron chi connectivity index (χ0n) is 22.3. The zero-order chi connectivity index (χ0) is 23.8. The van der Waals surface area contributed by atoms with Crippen molar-refractivity contribution in [2.75, 3.05) is 6.61 Å². The Morgan fingerprint density at radius 1 is 0.912 bits per heavy atom. The number of phosphoric acid groups is 1. The summed E-state index contributed by atoms with van der Waals surface area (Å²) in [5.41, 5.74) is 3.66. The van der Waals surface area contributed by atoms with E-state index < -0.39 is 7.82 Å². The molecule has 0 spiro atoms. The molecular weight excluding hydrogens is 473 g/mol. The first kappa shape index (κ1) is 34.9. The second-order valence-corrected chi connectivity index (χ2v) is 10.8. The molecule has 1 aromatic carbocycles. The molecule has 1 aromatic rings. The van der Waals surface area contributed by atoms with Gasteiger partial charge in [-0.1, -0.05) is 62.5 Å². The van der Waals surface area contributed by atoms with Gasteiger partial charge in [-0.05, 0) is 70.9 Å². The second kappa shape index (κ2) is 16.7. The van der Waals surface area contributed by atoms with E-state index in [0.29, 0.717) is 6.42 Å². The van der Waals surface area contributed by atoms with Gasteiger partial charge < -0.3 is 24.2 Å². The van der Waals surface area contributed by atoms with Gasteiger partial charge >= 0.3 is 59.1 Å². The molecule has 2 atom stereocenters. The Balaban J connectivity index is 0.00000544. The number of hydrogen-bond donors (Lipinski definition) is 1. The van der Waals surface area contributed by atoms with Gasteiger partial charge in [-0.2, -0.15) is 0 Å². The molecule has 0 amide bonds. The molecule has 184 valence electrons. The van der Waals surface area contributed by atoms with Gasteiger partial charge in [-0.3, -0.25) is 4.57 Å². The third kappa shape index (κ3) is 11.5. The van der Waals surface area contributed by atoms with Crippen LogP contribution in [0.5, 0.6) is 11.5 Å². The maximum absolute atomic E-state index is 12.4. The van der Waals surface area contributed by atoms with Crippen LogP contribution in [0.15, 0.2) is 0 Å². The van der Waals surface area contributed by atoms with Gasteiger partial charge in [0.15, 0.2) is 0 Å². The largest absolute Gasteiger partial charge is 1.00 e. The molecule has 0 aromatic heterocycles. The fourth-order valence-corrected chi connectivity index (χ4v) is 5.01. The molecule has 2 unspecified atom stereocenters. The summed E-state index contributed by atoms with van der Waals surface area (Å²) < 4.78 is 21.3. The van der Waals surface area contributed by atoms with E-state index in [4.69, 9.17) is 9.63 Å². The summed E-state index contributed by atoms with van der Waals surface area (Å²) in [6, 6.07) is 0. The summed E-state index contributed by atoms with van der Waals surface area (Å²) in [6.07, 6.45) is 14.1. The molecule has 1 aliphatic heterocycles. The van der Waals surface area contributed by atoms with Crippen molar-refractivity contribution >= 4 is 7.82 Å².